The maximum Gasteiger partial charge on any atom is 0.412 e. The first-order valence-electron chi connectivity index (χ1n) is 9.18. The fourth-order valence-corrected chi connectivity index (χ4v) is 3.02. The Hall–Kier alpha value is -3.37. The molecule has 164 valence electrons. The summed E-state index contributed by atoms with van der Waals surface area (Å²) in [6.45, 7) is 0.423. The monoisotopic (exact) mass is 444 g/mol. The van der Waals surface area contributed by atoms with E-state index in [2.05, 4.69) is 15.0 Å². The van der Waals surface area contributed by atoms with Crippen LogP contribution in [0.5, 0.6) is 0 Å². The minimum absolute atomic E-state index is 0.180. The number of nitrogens with two attached hydrogens (primary N) is 1. The molecular formula is C21H24N4O5S. The highest BCUT2D eigenvalue weighted by molar-refractivity contribution is 8.13. The number of nitrogens with one attached hydrogen (secondary N) is 1. The molecule has 0 spiro atoms. The molecule has 0 fully saturated rings. The van der Waals surface area contributed by atoms with E-state index in [1.807, 2.05) is 6.07 Å². The van der Waals surface area contributed by atoms with E-state index in [1.165, 1.54) is 19.1 Å². The van der Waals surface area contributed by atoms with Crippen molar-refractivity contribution in [1.29, 1.82) is 0 Å². The number of carbonyl (C=O) groups excluding carboxylic acids is 3. The van der Waals surface area contributed by atoms with E-state index >= 15 is 0 Å². The molecule has 0 atom stereocenters. The molecule has 3 N–H and O–H groups in total. The van der Waals surface area contributed by atoms with Gasteiger partial charge in [-0.1, -0.05) is 42.1 Å². The van der Waals surface area contributed by atoms with Crippen LogP contribution in [0.2, 0.25) is 0 Å². The summed E-state index contributed by atoms with van der Waals surface area (Å²) in [4.78, 5) is 42.3. The van der Waals surface area contributed by atoms with Gasteiger partial charge in [0.25, 0.3) is 0 Å². The van der Waals surface area contributed by atoms with Gasteiger partial charge in [-0.2, -0.15) is 0 Å². The normalized spacial score (nSPS) is 11.0. The second kappa shape index (κ2) is 11.7. The molecule has 0 aliphatic rings. The highest BCUT2D eigenvalue weighted by atomic mass is 32.2. The van der Waals surface area contributed by atoms with Crippen molar-refractivity contribution in [2.24, 2.45) is 10.7 Å². The van der Waals surface area contributed by atoms with Crippen LogP contribution >= 0.6 is 11.8 Å². The number of primary amides is 1. The van der Waals surface area contributed by atoms with Gasteiger partial charge in [0.05, 0.1) is 31.6 Å². The molecular weight excluding hydrogens is 420 g/mol. The van der Waals surface area contributed by atoms with Crippen LogP contribution in [-0.2, 0) is 9.47 Å². The van der Waals surface area contributed by atoms with Crippen molar-refractivity contribution in [3.8, 4) is 0 Å². The minimum atomic E-state index is -0.706. The zero-order valence-corrected chi connectivity index (χ0v) is 18.3. The first kappa shape index (κ1) is 23.9. The number of aliphatic imine (C=N–C) groups is 1. The number of ketones is 1. The SMILES string of the molecule is COCCN(C(N)=O)c1ccc(C(=O)c2ccccc2)cc1N=C(NC(=O)OC)SC. The smallest absolute Gasteiger partial charge is 0.412 e. The lowest BCUT2D eigenvalue weighted by Crippen LogP contribution is -2.38. The Morgan fingerprint density at radius 3 is 2.39 bits per heavy atom. The predicted molar refractivity (Wildman–Crippen MR) is 121 cm³/mol. The van der Waals surface area contributed by atoms with Gasteiger partial charge in [0.2, 0.25) is 0 Å². The molecule has 10 heteroatoms. The molecule has 2 aromatic carbocycles. The Bertz CT molecular complexity index is 965. The van der Waals surface area contributed by atoms with Crippen molar-refractivity contribution < 1.29 is 23.9 Å². The highest BCUT2D eigenvalue weighted by Crippen LogP contribution is 2.31. The molecule has 0 saturated carbocycles. The van der Waals surface area contributed by atoms with Gasteiger partial charge in [0.1, 0.15) is 0 Å². The molecule has 0 saturated heterocycles. The topological polar surface area (TPSA) is 123 Å². The third-order valence-corrected chi connectivity index (χ3v) is 4.74. The highest BCUT2D eigenvalue weighted by Gasteiger charge is 2.19. The molecule has 0 aliphatic heterocycles. The van der Waals surface area contributed by atoms with Gasteiger partial charge in [-0.15, -0.1) is 0 Å². The van der Waals surface area contributed by atoms with Gasteiger partial charge in [-0.25, -0.2) is 14.6 Å². The fraction of sp³-hybridized carbons (Fsp3) is 0.238. The Labute approximate surface area is 184 Å². The predicted octanol–water partition coefficient (Wildman–Crippen LogP) is 3.16. The molecule has 9 nitrogen and oxygen atoms in total. The Kier molecular flexibility index (Phi) is 9.04. The largest absolute Gasteiger partial charge is 0.453 e. The summed E-state index contributed by atoms with van der Waals surface area (Å²) < 4.78 is 9.67. The maximum absolute atomic E-state index is 12.9. The summed E-state index contributed by atoms with van der Waals surface area (Å²) in [6.07, 6.45) is 1.02. The molecule has 0 aromatic heterocycles. The molecule has 0 aliphatic carbocycles. The van der Waals surface area contributed by atoms with Crippen molar-refractivity contribution >= 4 is 46.2 Å². The summed E-state index contributed by atoms with van der Waals surface area (Å²) >= 11 is 1.16. The van der Waals surface area contributed by atoms with Crippen LogP contribution in [0.1, 0.15) is 15.9 Å². The van der Waals surface area contributed by atoms with Gasteiger partial charge in [-0.3, -0.25) is 15.0 Å². The number of urea groups is 1. The number of amides is 3. The number of benzene rings is 2. The standard InChI is InChI=1S/C21H24N4O5S/c1-29-12-11-25(19(22)27)17-10-9-15(18(26)14-7-5-4-6-8-14)13-16(17)23-20(31-3)24-21(28)30-2/h4-10,13H,11-12H2,1-3H3,(H2,22,27)(H,23,24,28). The summed E-state index contributed by atoms with van der Waals surface area (Å²) in [5, 5.41) is 2.71. The van der Waals surface area contributed by atoms with Crippen LogP contribution in [0.4, 0.5) is 21.0 Å². The average molecular weight is 445 g/mol. The first-order valence-corrected chi connectivity index (χ1v) is 10.4. The summed E-state index contributed by atoms with van der Waals surface area (Å²) in [7, 11) is 2.74. The van der Waals surface area contributed by atoms with Gasteiger partial charge in [0, 0.05) is 18.2 Å². The quantitative estimate of drug-likeness (QED) is 0.384. The minimum Gasteiger partial charge on any atom is -0.453 e. The van der Waals surface area contributed by atoms with Gasteiger partial charge in [0.15, 0.2) is 11.0 Å². The van der Waals surface area contributed by atoms with Crippen LogP contribution in [0.3, 0.4) is 0 Å². The van der Waals surface area contributed by atoms with E-state index in [9.17, 15) is 14.4 Å². The number of amidine groups is 1. The van der Waals surface area contributed by atoms with E-state index in [0.29, 0.717) is 16.8 Å². The summed E-state index contributed by atoms with van der Waals surface area (Å²) in [5.74, 6) is -0.210. The fourth-order valence-electron chi connectivity index (χ4n) is 2.64. The van der Waals surface area contributed by atoms with Crippen molar-refractivity contribution in [2.75, 3.05) is 38.5 Å². The number of nitrogens with zero attached hydrogens (tertiary/aromatic N) is 2. The number of rotatable bonds is 7. The molecule has 0 radical (unpaired) electrons. The second-order valence-corrected chi connectivity index (χ2v) is 6.91. The third kappa shape index (κ3) is 6.56. The lowest BCUT2D eigenvalue weighted by Gasteiger charge is -2.22. The molecule has 2 rings (SSSR count). The van der Waals surface area contributed by atoms with E-state index in [4.69, 9.17) is 10.5 Å². The number of methoxy groups -OCH3 is 2. The van der Waals surface area contributed by atoms with E-state index in [1.54, 1.807) is 48.7 Å². The van der Waals surface area contributed by atoms with Crippen LogP contribution in [-0.4, -0.2) is 56.7 Å². The number of ether oxygens (including phenoxy) is 2. The van der Waals surface area contributed by atoms with Crippen molar-refractivity contribution in [1.82, 2.24) is 5.32 Å². The first-order chi connectivity index (χ1) is 14.9. The Balaban J connectivity index is 2.57. The average Bonchev–Trinajstić information content (AvgIpc) is 2.79. The van der Waals surface area contributed by atoms with E-state index in [0.717, 1.165) is 11.8 Å². The van der Waals surface area contributed by atoms with Crippen LogP contribution in [0.15, 0.2) is 53.5 Å². The Morgan fingerprint density at radius 1 is 1.10 bits per heavy atom. The zero-order chi connectivity index (χ0) is 22.8. The van der Waals surface area contributed by atoms with Gasteiger partial charge in [-0.05, 0) is 24.5 Å². The number of hydrogen-bond acceptors (Lipinski definition) is 7. The number of alkyl carbamates (subject to hydrolysis) is 1. The molecule has 31 heavy (non-hydrogen) atoms. The van der Waals surface area contributed by atoms with Crippen LogP contribution < -0.4 is 16.0 Å². The second-order valence-electron chi connectivity index (χ2n) is 6.12. The molecule has 3 amide bonds. The van der Waals surface area contributed by atoms with E-state index < -0.39 is 12.1 Å². The molecule has 0 unspecified atom stereocenters. The zero-order valence-electron chi connectivity index (χ0n) is 17.5. The van der Waals surface area contributed by atoms with Crippen LogP contribution in [0.25, 0.3) is 0 Å². The Morgan fingerprint density at radius 2 is 1.81 bits per heavy atom. The van der Waals surface area contributed by atoms with Crippen molar-refractivity contribution in [3.63, 3.8) is 0 Å². The number of carbonyl (C=O) groups is 3. The number of hydrogen-bond donors (Lipinski definition) is 2. The lowest BCUT2D eigenvalue weighted by atomic mass is 10.0. The van der Waals surface area contributed by atoms with Crippen molar-refractivity contribution in [2.45, 2.75) is 0 Å². The lowest BCUT2D eigenvalue weighted by molar-refractivity contribution is 0.103. The summed E-state index contributed by atoms with van der Waals surface area (Å²) in [6, 6.07) is 12.8. The number of thioether (sulfide) groups is 1. The van der Waals surface area contributed by atoms with Crippen molar-refractivity contribution in [3.05, 3.63) is 59.7 Å². The third-order valence-electron chi connectivity index (χ3n) is 4.16. The van der Waals surface area contributed by atoms with Gasteiger partial charge >= 0.3 is 12.1 Å². The van der Waals surface area contributed by atoms with Gasteiger partial charge < -0.3 is 15.2 Å². The maximum atomic E-state index is 12.9. The van der Waals surface area contributed by atoms with E-state index in [-0.39, 0.29) is 29.8 Å². The molecule has 0 heterocycles. The van der Waals surface area contributed by atoms with Crippen LogP contribution in [0, 0.1) is 0 Å². The number of anilines is 1. The summed E-state index contributed by atoms with van der Waals surface area (Å²) in [5.41, 5.74) is 7.07. The molecule has 0 bridgehead atoms. The molecule has 2 aromatic rings.